The first-order chi connectivity index (χ1) is 9.19. The van der Waals surface area contributed by atoms with Gasteiger partial charge >= 0.3 is 0 Å². The number of aromatic nitrogens is 3. The van der Waals surface area contributed by atoms with E-state index in [9.17, 15) is 0 Å². The first-order valence-electron chi connectivity index (χ1n) is 6.52. The van der Waals surface area contributed by atoms with E-state index in [4.69, 9.17) is 0 Å². The zero-order valence-corrected chi connectivity index (χ0v) is 11.8. The molecule has 5 heteroatoms. The second-order valence-corrected chi connectivity index (χ2v) is 4.71. The first-order valence-corrected chi connectivity index (χ1v) is 6.52. The summed E-state index contributed by atoms with van der Waals surface area (Å²) in [5, 5.41) is 3.23. The Morgan fingerprint density at radius 1 is 1.26 bits per heavy atom. The maximum Gasteiger partial charge on any atom is 0.126 e. The molecule has 0 spiro atoms. The van der Waals surface area contributed by atoms with Crippen LogP contribution < -0.4 is 5.32 Å². The minimum absolute atomic E-state index is 0.836. The number of aryl methyl sites for hydroxylation is 1. The molecule has 0 aromatic carbocycles. The molecule has 19 heavy (non-hydrogen) atoms. The molecule has 5 nitrogen and oxygen atoms in total. The third-order valence-electron chi connectivity index (χ3n) is 2.97. The van der Waals surface area contributed by atoms with Gasteiger partial charge in [0, 0.05) is 38.7 Å². The highest BCUT2D eigenvalue weighted by atomic mass is 15.1. The SMILES string of the molecule is CCNc1cc(CN(C)Cc2nccn2C)ccn1. The van der Waals surface area contributed by atoms with E-state index < -0.39 is 0 Å². The Labute approximate surface area is 114 Å². The molecule has 102 valence electrons. The molecule has 2 aromatic heterocycles. The Morgan fingerprint density at radius 2 is 2.11 bits per heavy atom. The van der Waals surface area contributed by atoms with Crippen molar-refractivity contribution in [2.24, 2.45) is 7.05 Å². The van der Waals surface area contributed by atoms with E-state index in [1.165, 1.54) is 5.56 Å². The van der Waals surface area contributed by atoms with Crippen molar-refractivity contribution in [2.75, 3.05) is 18.9 Å². The minimum Gasteiger partial charge on any atom is -0.370 e. The van der Waals surface area contributed by atoms with Gasteiger partial charge in [0.15, 0.2) is 0 Å². The van der Waals surface area contributed by atoms with E-state index in [2.05, 4.69) is 46.3 Å². The van der Waals surface area contributed by atoms with Crippen LogP contribution in [0.1, 0.15) is 18.3 Å². The molecular formula is C14H21N5. The molecule has 2 rings (SSSR count). The van der Waals surface area contributed by atoms with Crippen LogP contribution in [0.15, 0.2) is 30.7 Å². The van der Waals surface area contributed by atoms with Crippen molar-refractivity contribution in [1.82, 2.24) is 19.4 Å². The first kappa shape index (κ1) is 13.5. The lowest BCUT2D eigenvalue weighted by Crippen LogP contribution is -2.19. The molecule has 0 aliphatic carbocycles. The van der Waals surface area contributed by atoms with Crippen molar-refractivity contribution in [3.05, 3.63) is 42.1 Å². The molecule has 0 bridgehead atoms. The van der Waals surface area contributed by atoms with Crippen LogP contribution in [0.5, 0.6) is 0 Å². The molecular weight excluding hydrogens is 238 g/mol. The van der Waals surface area contributed by atoms with Gasteiger partial charge in [-0.25, -0.2) is 9.97 Å². The van der Waals surface area contributed by atoms with Crippen molar-refractivity contribution >= 4 is 5.82 Å². The third-order valence-corrected chi connectivity index (χ3v) is 2.97. The van der Waals surface area contributed by atoms with Crippen LogP contribution in [0.25, 0.3) is 0 Å². The van der Waals surface area contributed by atoms with Gasteiger partial charge < -0.3 is 9.88 Å². The lowest BCUT2D eigenvalue weighted by Gasteiger charge is -2.16. The highest BCUT2D eigenvalue weighted by Crippen LogP contribution is 2.10. The molecule has 0 radical (unpaired) electrons. The van der Waals surface area contributed by atoms with E-state index in [1.807, 2.05) is 30.2 Å². The normalized spacial score (nSPS) is 10.9. The Hall–Kier alpha value is -1.88. The molecule has 0 fully saturated rings. The number of imidazole rings is 1. The van der Waals surface area contributed by atoms with Gasteiger partial charge in [-0.1, -0.05) is 0 Å². The van der Waals surface area contributed by atoms with Crippen molar-refractivity contribution in [2.45, 2.75) is 20.0 Å². The summed E-state index contributed by atoms with van der Waals surface area (Å²) >= 11 is 0. The maximum absolute atomic E-state index is 4.34. The lowest BCUT2D eigenvalue weighted by atomic mass is 10.2. The number of nitrogens with one attached hydrogen (secondary N) is 1. The van der Waals surface area contributed by atoms with E-state index in [0.29, 0.717) is 0 Å². The summed E-state index contributed by atoms with van der Waals surface area (Å²) in [6.07, 6.45) is 5.65. The molecule has 0 aliphatic heterocycles. The molecule has 0 saturated carbocycles. The quantitative estimate of drug-likeness (QED) is 0.860. The van der Waals surface area contributed by atoms with Crippen molar-refractivity contribution in [3.8, 4) is 0 Å². The fourth-order valence-corrected chi connectivity index (χ4v) is 2.01. The van der Waals surface area contributed by atoms with Crippen LogP contribution >= 0.6 is 0 Å². The van der Waals surface area contributed by atoms with Crippen LogP contribution in [-0.2, 0) is 20.1 Å². The third kappa shape index (κ3) is 3.79. The van der Waals surface area contributed by atoms with Crippen LogP contribution in [0, 0.1) is 0 Å². The molecule has 0 unspecified atom stereocenters. The molecule has 1 N–H and O–H groups in total. The molecule has 0 aliphatic rings. The van der Waals surface area contributed by atoms with Crippen LogP contribution in [-0.4, -0.2) is 33.0 Å². The van der Waals surface area contributed by atoms with Gasteiger partial charge in [-0.3, -0.25) is 4.90 Å². The summed E-state index contributed by atoms with van der Waals surface area (Å²) in [5.41, 5.74) is 1.25. The van der Waals surface area contributed by atoms with E-state index in [-0.39, 0.29) is 0 Å². The fraction of sp³-hybridized carbons (Fsp3) is 0.429. The highest BCUT2D eigenvalue weighted by molar-refractivity contribution is 5.37. The smallest absolute Gasteiger partial charge is 0.126 e. The highest BCUT2D eigenvalue weighted by Gasteiger charge is 2.06. The van der Waals surface area contributed by atoms with E-state index in [1.54, 1.807) is 0 Å². The number of pyridine rings is 1. The van der Waals surface area contributed by atoms with Gasteiger partial charge in [-0.05, 0) is 31.7 Å². The predicted molar refractivity (Wildman–Crippen MR) is 76.8 cm³/mol. The lowest BCUT2D eigenvalue weighted by molar-refractivity contribution is 0.307. The molecule has 0 amide bonds. The average molecular weight is 259 g/mol. The van der Waals surface area contributed by atoms with Gasteiger partial charge in [-0.15, -0.1) is 0 Å². The van der Waals surface area contributed by atoms with Gasteiger partial charge in [0.05, 0.1) is 6.54 Å². The van der Waals surface area contributed by atoms with Gasteiger partial charge in [0.2, 0.25) is 0 Å². The molecule has 0 saturated heterocycles. The summed E-state index contributed by atoms with van der Waals surface area (Å²) in [7, 11) is 4.12. The van der Waals surface area contributed by atoms with Gasteiger partial charge in [-0.2, -0.15) is 0 Å². The zero-order chi connectivity index (χ0) is 13.7. The van der Waals surface area contributed by atoms with Crippen molar-refractivity contribution < 1.29 is 0 Å². The zero-order valence-electron chi connectivity index (χ0n) is 11.8. The van der Waals surface area contributed by atoms with Crippen molar-refractivity contribution in [1.29, 1.82) is 0 Å². The topological polar surface area (TPSA) is 46.0 Å². The van der Waals surface area contributed by atoms with Crippen LogP contribution in [0.4, 0.5) is 5.82 Å². The Bertz CT molecular complexity index is 520. The second kappa shape index (κ2) is 6.33. The van der Waals surface area contributed by atoms with E-state index in [0.717, 1.165) is 31.3 Å². The van der Waals surface area contributed by atoms with Crippen LogP contribution in [0.3, 0.4) is 0 Å². The molecule has 2 heterocycles. The fourth-order valence-electron chi connectivity index (χ4n) is 2.01. The second-order valence-electron chi connectivity index (χ2n) is 4.71. The van der Waals surface area contributed by atoms with Crippen LogP contribution in [0.2, 0.25) is 0 Å². The molecule has 0 atom stereocenters. The molecule has 2 aromatic rings. The monoisotopic (exact) mass is 259 g/mol. The summed E-state index contributed by atoms with van der Waals surface area (Å²) in [6.45, 7) is 4.68. The van der Waals surface area contributed by atoms with Gasteiger partial charge in [0.25, 0.3) is 0 Å². The standard InChI is InChI=1S/C14H21N5/c1-4-15-13-9-12(5-6-16-13)10-18(2)11-14-17-7-8-19(14)3/h5-9H,4,10-11H2,1-3H3,(H,15,16). The van der Waals surface area contributed by atoms with E-state index >= 15 is 0 Å². The Morgan fingerprint density at radius 3 is 2.79 bits per heavy atom. The minimum atomic E-state index is 0.836. The number of hydrogen-bond acceptors (Lipinski definition) is 4. The Kier molecular flexibility index (Phi) is 4.52. The summed E-state index contributed by atoms with van der Waals surface area (Å²) in [4.78, 5) is 10.9. The summed E-state index contributed by atoms with van der Waals surface area (Å²) in [6, 6.07) is 4.15. The number of hydrogen-bond donors (Lipinski definition) is 1. The Balaban J connectivity index is 1.96. The van der Waals surface area contributed by atoms with Crippen molar-refractivity contribution in [3.63, 3.8) is 0 Å². The number of anilines is 1. The van der Waals surface area contributed by atoms with Gasteiger partial charge in [0.1, 0.15) is 11.6 Å². The average Bonchev–Trinajstić information content (AvgIpc) is 2.76. The maximum atomic E-state index is 4.34. The summed E-state index contributed by atoms with van der Waals surface area (Å²) in [5.74, 6) is 2.01. The number of rotatable bonds is 6. The predicted octanol–water partition coefficient (Wildman–Crippen LogP) is 1.88. The number of nitrogens with zero attached hydrogens (tertiary/aromatic N) is 4. The largest absolute Gasteiger partial charge is 0.370 e. The summed E-state index contributed by atoms with van der Waals surface area (Å²) < 4.78 is 2.05.